The summed E-state index contributed by atoms with van der Waals surface area (Å²) < 4.78 is 33.2. The van der Waals surface area contributed by atoms with Crippen molar-refractivity contribution in [2.75, 3.05) is 5.75 Å². The molecule has 1 heterocycles. The lowest BCUT2D eigenvalue weighted by atomic mass is 9.71. The van der Waals surface area contributed by atoms with Crippen molar-refractivity contribution in [1.82, 2.24) is 0 Å². The van der Waals surface area contributed by atoms with Crippen molar-refractivity contribution in [2.24, 2.45) is 5.41 Å². The Bertz CT molecular complexity index is 1010. The number of aliphatic carboxylic acids is 1. The Balaban J connectivity index is 1.95. The molecule has 0 bridgehead atoms. The standard InChI is InChI=1S/C26H39NO5S/c1-20(11-14-24-21(2)9-7-15-26(24,3)4)8-5-6-10-23-13-12-22(18-25(28)29)19-27(23)16-17-33(30,31)32/h8,12-13,19H,5-7,9-11,14-18H2,1-4H3,(H-,28,29,30,31,32)/p+1/b20-8+. The lowest BCUT2D eigenvalue weighted by molar-refractivity contribution is -0.700. The Morgan fingerprint density at radius 3 is 2.61 bits per heavy atom. The number of unbranched alkanes of at least 4 members (excludes halogenated alkanes) is 1. The number of carbonyl (C=O) groups is 1. The van der Waals surface area contributed by atoms with Gasteiger partial charge < -0.3 is 5.11 Å². The van der Waals surface area contributed by atoms with Crippen molar-refractivity contribution < 1.29 is 27.4 Å². The van der Waals surface area contributed by atoms with Crippen LogP contribution in [0.15, 0.2) is 41.1 Å². The maximum absolute atomic E-state index is 11.2. The van der Waals surface area contributed by atoms with E-state index in [1.165, 1.54) is 24.8 Å². The predicted octanol–water partition coefficient (Wildman–Crippen LogP) is 5.06. The van der Waals surface area contributed by atoms with Crippen LogP contribution >= 0.6 is 0 Å². The smallest absolute Gasteiger partial charge is 0.308 e. The molecule has 0 radical (unpaired) electrons. The van der Waals surface area contributed by atoms with Crippen molar-refractivity contribution in [2.45, 2.75) is 92.0 Å². The van der Waals surface area contributed by atoms with Crippen LogP contribution in [0, 0.1) is 5.41 Å². The zero-order valence-electron chi connectivity index (χ0n) is 20.6. The third kappa shape index (κ3) is 9.41. The quantitative estimate of drug-likeness (QED) is 0.189. The SMILES string of the molecule is CC1=C(CC/C(C)=C/CCCc2ccc(CC(=O)O)c[n+]2CCS(=O)(=O)O)C(C)(C)CCC1. The van der Waals surface area contributed by atoms with E-state index < -0.39 is 21.8 Å². The van der Waals surface area contributed by atoms with E-state index in [1.807, 2.05) is 6.07 Å². The van der Waals surface area contributed by atoms with Crippen LogP contribution in [0.2, 0.25) is 0 Å². The van der Waals surface area contributed by atoms with E-state index in [0.717, 1.165) is 37.8 Å². The van der Waals surface area contributed by atoms with Gasteiger partial charge in [-0.25, -0.2) is 4.57 Å². The molecule has 7 heteroatoms. The lowest BCUT2D eigenvalue weighted by Crippen LogP contribution is -2.41. The fourth-order valence-corrected chi connectivity index (χ4v) is 5.26. The molecule has 0 saturated heterocycles. The van der Waals surface area contributed by atoms with Crippen molar-refractivity contribution in [3.63, 3.8) is 0 Å². The van der Waals surface area contributed by atoms with Gasteiger partial charge in [-0.3, -0.25) is 9.35 Å². The van der Waals surface area contributed by atoms with Crippen LogP contribution in [0.4, 0.5) is 0 Å². The predicted molar refractivity (Wildman–Crippen MR) is 131 cm³/mol. The summed E-state index contributed by atoms with van der Waals surface area (Å²) in [6.45, 7) is 9.31. The molecule has 0 amide bonds. The van der Waals surface area contributed by atoms with Gasteiger partial charge in [0.15, 0.2) is 18.4 Å². The molecule has 1 aromatic heterocycles. The number of pyridine rings is 1. The molecule has 0 aliphatic heterocycles. The molecule has 0 fully saturated rings. The van der Waals surface area contributed by atoms with Gasteiger partial charge in [-0.05, 0) is 70.3 Å². The summed E-state index contributed by atoms with van der Waals surface area (Å²) in [5.41, 5.74) is 6.44. The van der Waals surface area contributed by atoms with Crippen LogP contribution in [0.3, 0.4) is 0 Å². The van der Waals surface area contributed by atoms with Crippen molar-refractivity contribution >= 4 is 16.1 Å². The number of aryl methyl sites for hydroxylation is 2. The summed E-state index contributed by atoms with van der Waals surface area (Å²) in [7, 11) is -4.09. The minimum Gasteiger partial charge on any atom is -0.481 e. The molecule has 0 aromatic carbocycles. The second-order valence-electron chi connectivity index (χ2n) is 10.0. The molecule has 2 rings (SSSR count). The Morgan fingerprint density at radius 2 is 1.97 bits per heavy atom. The monoisotopic (exact) mass is 478 g/mol. The van der Waals surface area contributed by atoms with Crippen molar-refractivity contribution in [3.05, 3.63) is 52.4 Å². The molecule has 33 heavy (non-hydrogen) atoms. The van der Waals surface area contributed by atoms with E-state index in [-0.39, 0.29) is 13.0 Å². The first-order valence-corrected chi connectivity index (χ1v) is 13.5. The second kappa shape index (κ2) is 11.9. The van der Waals surface area contributed by atoms with E-state index in [0.29, 0.717) is 11.0 Å². The number of carboxylic acid groups (broad SMARTS) is 1. The molecule has 0 saturated carbocycles. The first-order chi connectivity index (χ1) is 15.4. The van der Waals surface area contributed by atoms with Gasteiger partial charge in [-0.15, -0.1) is 0 Å². The second-order valence-corrected chi connectivity index (χ2v) is 11.6. The third-order valence-corrected chi connectivity index (χ3v) is 7.41. The van der Waals surface area contributed by atoms with Crippen LogP contribution in [0.5, 0.6) is 0 Å². The Kier molecular flexibility index (Phi) is 9.85. The highest BCUT2D eigenvalue weighted by Crippen LogP contribution is 2.42. The summed E-state index contributed by atoms with van der Waals surface area (Å²) >= 11 is 0. The van der Waals surface area contributed by atoms with E-state index in [2.05, 4.69) is 33.8 Å². The van der Waals surface area contributed by atoms with Gasteiger partial charge in [-0.2, -0.15) is 8.42 Å². The molecule has 1 aliphatic rings. The molecule has 0 atom stereocenters. The molecule has 0 unspecified atom stereocenters. The highest BCUT2D eigenvalue weighted by Gasteiger charge is 2.27. The molecule has 184 valence electrons. The summed E-state index contributed by atoms with van der Waals surface area (Å²) in [5.74, 6) is -1.33. The number of carboxylic acids is 1. The van der Waals surface area contributed by atoms with Crippen molar-refractivity contribution in [1.29, 1.82) is 0 Å². The van der Waals surface area contributed by atoms with Gasteiger partial charge in [0.05, 0.1) is 6.42 Å². The van der Waals surface area contributed by atoms with Gasteiger partial charge in [0.2, 0.25) is 0 Å². The van der Waals surface area contributed by atoms with E-state index in [9.17, 15) is 13.2 Å². The summed E-state index contributed by atoms with van der Waals surface area (Å²) in [6.07, 6.45) is 12.4. The van der Waals surface area contributed by atoms with Gasteiger partial charge in [0.25, 0.3) is 10.1 Å². The van der Waals surface area contributed by atoms with E-state index >= 15 is 0 Å². The molecule has 2 N–H and O–H groups in total. The zero-order chi connectivity index (χ0) is 24.6. The topological polar surface area (TPSA) is 95.5 Å². The van der Waals surface area contributed by atoms with Crippen LogP contribution in [-0.2, 0) is 34.3 Å². The van der Waals surface area contributed by atoms with Crippen molar-refractivity contribution in [3.8, 4) is 0 Å². The fourth-order valence-electron chi connectivity index (χ4n) is 4.84. The Hall–Kier alpha value is -1.99. The molecular weight excluding hydrogens is 438 g/mol. The Morgan fingerprint density at radius 1 is 1.24 bits per heavy atom. The Labute approximate surface area is 199 Å². The highest BCUT2D eigenvalue weighted by atomic mass is 32.2. The molecule has 6 nitrogen and oxygen atoms in total. The van der Waals surface area contributed by atoms with E-state index in [4.69, 9.17) is 9.66 Å². The van der Waals surface area contributed by atoms with Gasteiger partial charge in [-0.1, -0.05) is 36.6 Å². The van der Waals surface area contributed by atoms with Gasteiger partial charge >= 0.3 is 5.97 Å². The maximum Gasteiger partial charge on any atom is 0.308 e. The average molecular weight is 479 g/mol. The first-order valence-electron chi connectivity index (χ1n) is 11.9. The van der Waals surface area contributed by atoms with Gasteiger partial charge in [0.1, 0.15) is 5.75 Å². The summed E-state index contributed by atoms with van der Waals surface area (Å²) in [6, 6.07) is 3.63. The number of rotatable bonds is 12. The lowest BCUT2D eigenvalue weighted by Gasteiger charge is -2.35. The largest absolute Gasteiger partial charge is 0.481 e. The van der Waals surface area contributed by atoms with E-state index in [1.54, 1.807) is 28.0 Å². The molecule has 0 spiro atoms. The molecule has 1 aliphatic carbocycles. The minimum absolute atomic E-state index is 0.0980. The average Bonchev–Trinajstić information content (AvgIpc) is 2.68. The molecular formula is C26H40NO5S+. The fraction of sp³-hybridized carbons (Fsp3) is 0.615. The zero-order valence-corrected chi connectivity index (χ0v) is 21.4. The number of hydrogen-bond acceptors (Lipinski definition) is 3. The maximum atomic E-state index is 11.2. The van der Waals surface area contributed by atoms with Crippen LogP contribution in [-0.4, -0.2) is 29.8 Å². The van der Waals surface area contributed by atoms with Crippen LogP contribution < -0.4 is 4.57 Å². The summed E-state index contributed by atoms with van der Waals surface area (Å²) in [5, 5.41) is 9.03. The summed E-state index contributed by atoms with van der Waals surface area (Å²) in [4.78, 5) is 11.0. The van der Waals surface area contributed by atoms with Crippen LogP contribution in [0.25, 0.3) is 0 Å². The third-order valence-electron chi connectivity index (χ3n) is 6.71. The minimum atomic E-state index is -4.09. The number of nitrogens with zero attached hydrogens (tertiary/aromatic N) is 1. The highest BCUT2D eigenvalue weighted by molar-refractivity contribution is 7.85. The normalized spacial score (nSPS) is 16.8. The number of allylic oxidation sites excluding steroid dienone is 4. The number of aromatic nitrogens is 1. The van der Waals surface area contributed by atoms with Crippen LogP contribution in [0.1, 0.15) is 83.9 Å². The number of hydrogen-bond donors (Lipinski definition) is 2. The molecule has 1 aromatic rings. The van der Waals surface area contributed by atoms with Gasteiger partial charge in [0, 0.05) is 18.1 Å². The first kappa shape index (κ1) is 27.3.